The number of nitrogens with one attached hydrogen (secondary N) is 2. The molecule has 3 aromatic rings. The zero-order valence-corrected chi connectivity index (χ0v) is 16.0. The molecule has 1 aliphatic rings. The molecule has 2 amide bonds. The zero-order chi connectivity index (χ0) is 19.7. The first-order valence-electron chi connectivity index (χ1n) is 9.34. The van der Waals surface area contributed by atoms with Gasteiger partial charge in [-0.25, -0.2) is 4.68 Å². The average molecular weight is 374 g/mol. The molecule has 1 aliphatic heterocycles. The van der Waals surface area contributed by atoms with Crippen molar-refractivity contribution < 1.29 is 9.59 Å². The van der Waals surface area contributed by atoms with Crippen LogP contribution in [0.3, 0.4) is 0 Å². The van der Waals surface area contributed by atoms with Crippen LogP contribution in [0.2, 0.25) is 0 Å². The fourth-order valence-electron chi connectivity index (χ4n) is 3.58. The Kier molecular flexibility index (Phi) is 4.69. The smallest absolute Gasteiger partial charge is 0.228 e. The number of hydrogen-bond acceptors (Lipinski definition) is 3. The minimum atomic E-state index is -0.0846. The predicted octanol–water partition coefficient (Wildman–Crippen LogP) is 3.56. The van der Waals surface area contributed by atoms with E-state index in [4.69, 9.17) is 0 Å². The molecule has 0 saturated carbocycles. The summed E-state index contributed by atoms with van der Waals surface area (Å²) in [5.41, 5.74) is 6.34. The van der Waals surface area contributed by atoms with Crippen molar-refractivity contribution in [2.24, 2.45) is 0 Å². The van der Waals surface area contributed by atoms with Crippen LogP contribution in [0.15, 0.2) is 48.5 Å². The normalized spacial score (nSPS) is 13.0. The topological polar surface area (TPSA) is 76.0 Å². The van der Waals surface area contributed by atoms with E-state index in [1.54, 1.807) is 0 Å². The van der Waals surface area contributed by atoms with E-state index in [1.165, 1.54) is 0 Å². The summed E-state index contributed by atoms with van der Waals surface area (Å²) in [6, 6.07) is 15.5. The van der Waals surface area contributed by atoms with Crippen LogP contribution in [0.5, 0.6) is 0 Å². The second kappa shape index (κ2) is 7.31. The summed E-state index contributed by atoms with van der Waals surface area (Å²) in [4.78, 5) is 24.1. The number of amides is 2. The van der Waals surface area contributed by atoms with Gasteiger partial charge in [0, 0.05) is 29.1 Å². The first-order chi connectivity index (χ1) is 13.5. The Labute approximate surface area is 163 Å². The van der Waals surface area contributed by atoms with Crippen LogP contribution in [0.4, 0.5) is 11.4 Å². The lowest BCUT2D eigenvalue weighted by atomic mass is 10.0. The third-order valence-corrected chi connectivity index (χ3v) is 5.06. The maximum absolute atomic E-state index is 12.6. The van der Waals surface area contributed by atoms with Gasteiger partial charge in [-0.15, -0.1) is 0 Å². The number of carbonyl (C=O) groups excluding carboxylic acids is 2. The van der Waals surface area contributed by atoms with E-state index in [1.807, 2.05) is 67.1 Å². The summed E-state index contributed by atoms with van der Waals surface area (Å²) in [7, 11) is 0. The lowest BCUT2D eigenvalue weighted by molar-refractivity contribution is -0.117. The Bertz CT molecular complexity index is 1050. The highest BCUT2D eigenvalue weighted by atomic mass is 16.2. The Morgan fingerprint density at radius 2 is 1.93 bits per heavy atom. The average Bonchev–Trinajstić information content (AvgIpc) is 2.97. The maximum atomic E-state index is 12.6. The van der Waals surface area contributed by atoms with Crippen molar-refractivity contribution in [3.8, 4) is 5.69 Å². The summed E-state index contributed by atoms with van der Waals surface area (Å²) in [5.74, 6) is -0.0516. The van der Waals surface area contributed by atoms with E-state index in [-0.39, 0.29) is 18.2 Å². The van der Waals surface area contributed by atoms with Gasteiger partial charge >= 0.3 is 0 Å². The van der Waals surface area contributed by atoms with Crippen molar-refractivity contribution in [2.75, 3.05) is 10.6 Å². The molecule has 0 saturated heterocycles. The minimum Gasteiger partial charge on any atom is -0.326 e. The number of nitrogens with zero attached hydrogens (tertiary/aromatic N) is 2. The maximum Gasteiger partial charge on any atom is 0.228 e. The van der Waals surface area contributed by atoms with Crippen molar-refractivity contribution in [3.05, 3.63) is 71.0 Å². The molecule has 28 heavy (non-hydrogen) atoms. The van der Waals surface area contributed by atoms with Gasteiger partial charge in [0.05, 0.1) is 17.8 Å². The van der Waals surface area contributed by atoms with Crippen molar-refractivity contribution in [1.29, 1.82) is 0 Å². The van der Waals surface area contributed by atoms with Gasteiger partial charge in [0.1, 0.15) is 0 Å². The van der Waals surface area contributed by atoms with Gasteiger partial charge < -0.3 is 10.6 Å². The molecule has 0 atom stereocenters. The summed E-state index contributed by atoms with van der Waals surface area (Å²) in [6.07, 6.45) is 1.42. The molecule has 142 valence electrons. The van der Waals surface area contributed by atoms with Gasteiger partial charge in [-0.2, -0.15) is 5.10 Å². The monoisotopic (exact) mass is 374 g/mol. The molecular formula is C22H22N4O2. The second-order valence-electron chi connectivity index (χ2n) is 7.04. The summed E-state index contributed by atoms with van der Waals surface area (Å²) in [6.45, 7) is 3.91. The van der Waals surface area contributed by atoms with Gasteiger partial charge in [-0.1, -0.05) is 18.2 Å². The van der Waals surface area contributed by atoms with Crippen molar-refractivity contribution >= 4 is 23.2 Å². The predicted molar refractivity (Wildman–Crippen MR) is 109 cm³/mol. The van der Waals surface area contributed by atoms with Crippen LogP contribution >= 0.6 is 0 Å². The lowest BCUT2D eigenvalue weighted by Gasteiger charge is -2.17. The number of rotatable bonds is 4. The Balaban J connectivity index is 1.50. The van der Waals surface area contributed by atoms with Crippen LogP contribution in [0.25, 0.3) is 5.69 Å². The van der Waals surface area contributed by atoms with Crippen LogP contribution in [-0.4, -0.2) is 21.6 Å². The highest BCUT2D eigenvalue weighted by molar-refractivity contribution is 5.96. The number of aryl methyl sites for hydroxylation is 2. The van der Waals surface area contributed by atoms with E-state index in [2.05, 4.69) is 15.7 Å². The molecule has 2 N–H and O–H groups in total. The molecule has 0 unspecified atom stereocenters. The number of carbonyl (C=O) groups is 2. The van der Waals surface area contributed by atoms with E-state index < -0.39 is 0 Å². The quantitative estimate of drug-likeness (QED) is 0.733. The van der Waals surface area contributed by atoms with E-state index in [9.17, 15) is 9.59 Å². The van der Waals surface area contributed by atoms with Crippen molar-refractivity contribution in [2.45, 2.75) is 33.1 Å². The number of aromatic nitrogens is 2. The summed E-state index contributed by atoms with van der Waals surface area (Å²) in [5, 5.41) is 10.4. The van der Waals surface area contributed by atoms with Crippen LogP contribution in [-0.2, 0) is 22.4 Å². The fourth-order valence-corrected chi connectivity index (χ4v) is 3.58. The van der Waals surface area contributed by atoms with Gasteiger partial charge in [0.15, 0.2) is 0 Å². The highest BCUT2D eigenvalue weighted by Crippen LogP contribution is 2.26. The third kappa shape index (κ3) is 3.53. The molecule has 0 fully saturated rings. The summed E-state index contributed by atoms with van der Waals surface area (Å²) >= 11 is 0. The standard InChI is InChI=1S/C22H22N4O2/c1-14-19(15(2)26(25-14)18-6-4-3-5-7-18)13-22(28)23-17-9-10-20-16(12-17)8-11-21(27)24-20/h3-7,9-10,12H,8,11,13H2,1-2H3,(H,23,28)(H,24,27). The fraction of sp³-hybridized carbons (Fsp3) is 0.227. The molecule has 1 aromatic heterocycles. The Hall–Kier alpha value is -3.41. The first kappa shape index (κ1) is 18.0. The third-order valence-electron chi connectivity index (χ3n) is 5.06. The molecule has 2 heterocycles. The van der Waals surface area contributed by atoms with Gasteiger partial charge in [0.2, 0.25) is 11.8 Å². The Morgan fingerprint density at radius 1 is 1.14 bits per heavy atom. The van der Waals surface area contributed by atoms with Crippen molar-refractivity contribution in [1.82, 2.24) is 9.78 Å². The SMILES string of the molecule is Cc1nn(-c2ccccc2)c(C)c1CC(=O)Nc1ccc2c(c1)CCC(=O)N2. The second-order valence-corrected chi connectivity index (χ2v) is 7.04. The molecule has 0 spiro atoms. The molecular weight excluding hydrogens is 352 g/mol. The van der Waals surface area contributed by atoms with E-state index in [0.29, 0.717) is 12.8 Å². The van der Waals surface area contributed by atoms with Crippen LogP contribution in [0, 0.1) is 13.8 Å². The van der Waals surface area contributed by atoms with Crippen molar-refractivity contribution in [3.63, 3.8) is 0 Å². The number of fused-ring (bicyclic) bond motifs is 1. The van der Waals surface area contributed by atoms with E-state index in [0.717, 1.165) is 39.6 Å². The van der Waals surface area contributed by atoms with Crippen LogP contribution < -0.4 is 10.6 Å². The molecule has 0 bridgehead atoms. The molecule has 0 aliphatic carbocycles. The van der Waals surface area contributed by atoms with Crippen LogP contribution in [0.1, 0.15) is 28.9 Å². The molecule has 2 aromatic carbocycles. The largest absolute Gasteiger partial charge is 0.326 e. The molecule has 4 rings (SSSR count). The zero-order valence-electron chi connectivity index (χ0n) is 16.0. The minimum absolute atomic E-state index is 0.0330. The molecule has 6 heteroatoms. The number of anilines is 2. The molecule has 0 radical (unpaired) electrons. The highest BCUT2D eigenvalue weighted by Gasteiger charge is 2.18. The van der Waals surface area contributed by atoms with Gasteiger partial charge in [-0.05, 0) is 56.2 Å². The number of hydrogen-bond donors (Lipinski definition) is 2. The summed E-state index contributed by atoms with van der Waals surface area (Å²) < 4.78 is 1.87. The van der Waals surface area contributed by atoms with Gasteiger partial charge in [-0.3, -0.25) is 9.59 Å². The lowest BCUT2D eigenvalue weighted by Crippen LogP contribution is -2.20. The first-order valence-corrected chi connectivity index (χ1v) is 9.34. The van der Waals surface area contributed by atoms with Gasteiger partial charge in [0.25, 0.3) is 0 Å². The van der Waals surface area contributed by atoms with E-state index >= 15 is 0 Å². The number of para-hydroxylation sites is 1. The number of benzene rings is 2. The Morgan fingerprint density at radius 3 is 2.71 bits per heavy atom. The molecule has 6 nitrogen and oxygen atoms in total.